The molecule has 0 radical (unpaired) electrons. The molecule has 0 unspecified atom stereocenters. The lowest BCUT2D eigenvalue weighted by molar-refractivity contribution is -0.207. The topological polar surface area (TPSA) is 26.7 Å². The van der Waals surface area contributed by atoms with Crippen LogP contribution in [0.3, 0.4) is 0 Å². The molecule has 0 atom stereocenters. The first-order chi connectivity index (χ1) is 4.78. The first-order valence-electron chi connectivity index (χ1n) is 3.99. The minimum Gasteiger partial charge on any atom is -0.312 e. The molecule has 0 saturated carbocycles. The molecule has 11 heavy (non-hydrogen) atoms. The highest BCUT2D eigenvalue weighted by atomic mass is 16.5. The highest BCUT2D eigenvalue weighted by molar-refractivity contribution is 4.96. The normalized spacial score (nSPS) is 31.1. The van der Waals surface area contributed by atoms with E-state index in [1.165, 1.54) is 5.06 Å². The summed E-state index contributed by atoms with van der Waals surface area (Å²) in [5.41, 5.74) is -0.359. The van der Waals surface area contributed by atoms with Crippen LogP contribution in [-0.4, -0.2) is 40.0 Å². The molecule has 0 spiro atoms. The first kappa shape index (κ1) is 8.97. The summed E-state index contributed by atoms with van der Waals surface area (Å²) in [5, 5.41) is 11.2. The monoisotopic (exact) mass is 158 g/mol. The summed E-state index contributed by atoms with van der Waals surface area (Å²) < 4.78 is 0. The van der Waals surface area contributed by atoms with E-state index in [0.717, 1.165) is 6.54 Å². The molecule has 1 heterocycles. The fraction of sp³-hybridized carbons (Fsp3) is 1.00. The lowest BCUT2D eigenvalue weighted by atomic mass is 10.1. The molecule has 1 saturated heterocycles. The van der Waals surface area contributed by atoms with Gasteiger partial charge in [-0.1, -0.05) is 0 Å². The molecule has 66 valence electrons. The Hall–Kier alpha value is -0.120. The molecule has 0 aliphatic carbocycles. The number of hydroxylamine groups is 2. The minimum absolute atomic E-state index is 0.127. The van der Waals surface area contributed by atoms with Gasteiger partial charge >= 0.3 is 0 Å². The Morgan fingerprint density at radius 1 is 1.18 bits per heavy atom. The lowest BCUT2D eigenvalue weighted by Crippen LogP contribution is -2.49. The second-order valence-corrected chi connectivity index (χ2v) is 4.47. The Morgan fingerprint density at radius 3 is 1.73 bits per heavy atom. The van der Waals surface area contributed by atoms with Gasteiger partial charge in [-0.3, -0.25) is 4.90 Å². The Bertz CT molecular complexity index is 165. The zero-order valence-corrected chi connectivity index (χ0v) is 8.05. The van der Waals surface area contributed by atoms with Crippen LogP contribution in [0.1, 0.15) is 27.7 Å². The lowest BCUT2D eigenvalue weighted by Gasteiger charge is -2.35. The minimum atomic E-state index is -0.233. The van der Waals surface area contributed by atoms with Gasteiger partial charge in [0.15, 0.2) is 0 Å². The van der Waals surface area contributed by atoms with Gasteiger partial charge < -0.3 is 5.21 Å². The van der Waals surface area contributed by atoms with E-state index in [9.17, 15) is 5.21 Å². The Balaban J connectivity index is 2.89. The van der Waals surface area contributed by atoms with Crippen LogP contribution in [0.2, 0.25) is 0 Å². The molecule has 0 aromatic carbocycles. The third-order valence-electron chi connectivity index (χ3n) is 2.65. The van der Waals surface area contributed by atoms with Crippen LogP contribution in [0.5, 0.6) is 0 Å². The maximum atomic E-state index is 9.75. The van der Waals surface area contributed by atoms with E-state index in [-0.39, 0.29) is 11.2 Å². The van der Waals surface area contributed by atoms with E-state index in [2.05, 4.69) is 4.90 Å². The average Bonchev–Trinajstić information content (AvgIpc) is 1.94. The smallest absolute Gasteiger partial charge is 0.0923 e. The Morgan fingerprint density at radius 2 is 1.64 bits per heavy atom. The zero-order valence-electron chi connectivity index (χ0n) is 8.05. The van der Waals surface area contributed by atoms with Crippen molar-refractivity contribution in [2.75, 3.05) is 13.6 Å². The number of hydrogen-bond donors (Lipinski definition) is 1. The van der Waals surface area contributed by atoms with Crippen LogP contribution in [0, 0.1) is 0 Å². The standard InChI is InChI=1S/C8H18N2O/c1-7(2)6-9(5)8(3,4)10(7)11/h11H,6H2,1-5H3. The summed E-state index contributed by atoms with van der Waals surface area (Å²) in [6, 6.07) is 0. The van der Waals surface area contributed by atoms with Crippen LogP contribution in [0.4, 0.5) is 0 Å². The molecular weight excluding hydrogens is 140 g/mol. The van der Waals surface area contributed by atoms with Crippen LogP contribution in [0.15, 0.2) is 0 Å². The van der Waals surface area contributed by atoms with Crippen molar-refractivity contribution in [1.29, 1.82) is 0 Å². The molecule has 0 bridgehead atoms. The molecule has 1 rings (SSSR count). The molecule has 3 nitrogen and oxygen atoms in total. The van der Waals surface area contributed by atoms with Crippen molar-refractivity contribution in [3.05, 3.63) is 0 Å². The van der Waals surface area contributed by atoms with Crippen LogP contribution >= 0.6 is 0 Å². The molecule has 1 fully saturated rings. The molecule has 0 aromatic rings. The molecule has 1 aliphatic rings. The molecule has 3 heteroatoms. The van der Waals surface area contributed by atoms with Crippen molar-refractivity contribution in [3.8, 4) is 0 Å². The number of likely N-dealkylation sites (N-methyl/N-ethyl adjacent to an activating group) is 1. The van der Waals surface area contributed by atoms with Crippen molar-refractivity contribution < 1.29 is 5.21 Å². The molecule has 1 aliphatic heterocycles. The van der Waals surface area contributed by atoms with E-state index in [1.54, 1.807) is 0 Å². The Labute approximate surface area is 68.6 Å². The summed E-state index contributed by atoms with van der Waals surface area (Å²) in [6.07, 6.45) is 0. The van der Waals surface area contributed by atoms with Gasteiger partial charge in [-0.25, -0.2) is 0 Å². The molecular formula is C8H18N2O. The van der Waals surface area contributed by atoms with Crippen molar-refractivity contribution in [2.24, 2.45) is 0 Å². The number of hydrogen-bond acceptors (Lipinski definition) is 3. The third-order valence-corrected chi connectivity index (χ3v) is 2.65. The predicted molar refractivity (Wildman–Crippen MR) is 44.4 cm³/mol. The predicted octanol–water partition coefficient (Wildman–Crippen LogP) is 1.14. The van der Waals surface area contributed by atoms with Gasteiger partial charge in [-0.05, 0) is 34.7 Å². The fourth-order valence-corrected chi connectivity index (χ4v) is 1.74. The van der Waals surface area contributed by atoms with E-state index in [4.69, 9.17) is 0 Å². The second-order valence-electron chi connectivity index (χ2n) is 4.47. The summed E-state index contributed by atoms with van der Waals surface area (Å²) >= 11 is 0. The van der Waals surface area contributed by atoms with Crippen molar-refractivity contribution in [2.45, 2.75) is 38.9 Å². The molecule has 1 N–H and O–H groups in total. The van der Waals surface area contributed by atoms with E-state index >= 15 is 0 Å². The summed E-state index contributed by atoms with van der Waals surface area (Å²) in [7, 11) is 2.03. The van der Waals surface area contributed by atoms with Gasteiger partial charge in [-0.15, -0.1) is 0 Å². The van der Waals surface area contributed by atoms with Crippen LogP contribution in [0.25, 0.3) is 0 Å². The third kappa shape index (κ3) is 1.17. The van der Waals surface area contributed by atoms with Gasteiger partial charge in [-0.2, -0.15) is 5.06 Å². The number of rotatable bonds is 0. The van der Waals surface area contributed by atoms with E-state index in [1.807, 2.05) is 34.7 Å². The SMILES string of the molecule is CN1CC(C)(C)N(O)C1(C)C. The fourth-order valence-electron chi connectivity index (χ4n) is 1.74. The Kier molecular flexibility index (Phi) is 1.78. The number of nitrogens with zero attached hydrogens (tertiary/aromatic N) is 2. The van der Waals surface area contributed by atoms with Crippen molar-refractivity contribution in [1.82, 2.24) is 9.96 Å². The van der Waals surface area contributed by atoms with Crippen LogP contribution in [-0.2, 0) is 0 Å². The van der Waals surface area contributed by atoms with Gasteiger partial charge in [0.1, 0.15) is 0 Å². The largest absolute Gasteiger partial charge is 0.312 e. The zero-order chi connectivity index (χ0) is 8.86. The first-order valence-corrected chi connectivity index (χ1v) is 3.99. The molecule has 0 amide bonds. The maximum absolute atomic E-state index is 9.75. The summed E-state index contributed by atoms with van der Waals surface area (Å²) in [6.45, 7) is 9.01. The molecule has 0 aromatic heterocycles. The van der Waals surface area contributed by atoms with Gasteiger partial charge in [0, 0.05) is 6.54 Å². The second kappa shape index (κ2) is 2.19. The van der Waals surface area contributed by atoms with Crippen molar-refractivity contribution >= 4 is 0 Å². The quantitative estimate of drug-likeness (QED) is 0.572. The van der Waals surface area contributed by atoms with Gasteiger partial charge in [0.2, 0.25) is 0 Å². The van der Waals surface area contributed by atoms with E-state index < -0.39 is 0 Å². The summed E-state index contributed by atoms with van der Waals surface area (Å²) in [5.74, 6) is 0. The highest BCUT2D eigenvalue weighted by Crippen LogP contribution is 2.33. The van der Waals surface area contributed by atoms with E-state index in [0.29, 0.717) is 0 Å². The highest BCUT2D eigenvalue weighted by Gasteiger charge is 2.47. The summed E-state index contributed by atoms with van der Waals surface area (Å²) in [4.78, 5) is 2.15. The van der Waals surface area contributed by atoms with Gasteiger partial charge in [0.25, 0.3) is 0 Å². The maximum Gasteiger partial charge on any atom is 0.0923 e. The van der Waals surface area contributed by atoms with Gasteiger partial charge in [0.05, 0.1) is 11.2 Å². The van der Waals surface area contributed by atoms with Crippen molar-refractivity contribution in [3.63, 3.8) is 0 Å². The van der Waals surface area contributed by atoms with Crippen LogP contribution < -0.4 is 0 Å². The average molecular weight is 158 g/mol.